The third-order valence-corrected chi connectivity index (χ3v) is 1.70. The van der Waals surface area contributed by atoms with Crippen LogP contribution in [0.1, 0.15) is 22.8 Å². The lowest BCUT2D eigenvalue weighted by Crippen LogP contribution is -2.07. The lowest BCUT2D eigenvalue weighted by atomic mass is 10.1. The summed E-state index contributed by atoms with van der Waals surface area (Å²) in [6.07, 6.45) is 0. The van der Waals surface area contributed by atoms with Crippen molar-refractivity contribution in [2.45, 2.75) is 13.5 Å². The molecule has 0 heterocycles. The van der Waals surface area contributed by atoms with Gasteiger partial charge in [-0.25, -0.2) is 9.18 Å². The summed E-state index contributed by atoms with van der Waals surface area (Å²) in [5.41, 5.74) is 6.12. The maximum Gasteiger partial charge on any atom is 0.338 e. The Hall–Kier alpha value is -1.42. The zero-order valence-electron chi connectivity index (χ0n) is 7.92. The smallest absolute Gasteiger partial charge is 0.338 e. The molecule has 4 heteroatoms. The van der Waals surface area contributed by atoms with Gasteiger partial charge < -0.3 is 10.5 Å². The first-order valence-corrected chi connectivity index (χ1v) is 4.34. The summed E-state index contributed by atoms with van der Waals surface area (Å²) in [5, 5.41) is 0. The molecule has 14 heavy (non-hydrogen) atoms. The molecule has 1 aromatic rings. The molecule has 3 nitrogen and oxygen atoms in total. The summed E-state index contributed by atoms with van der Waals surface area (Å²) in [5.74, 6) is -1.00. The monoisotopic (exact) mass is 197 g/mol. The molecule has 0 atom stereocenters. The van der Waals surface area contributed by atoms with E-state index in [4.69, 9.17) is 10.5 Å². The second kappa shape index (κ2) is 4.72. The van der Waals surface area contributed by atoms with Crippen molar-refractivity contribution in [3.63, 3.8) is 0 Å². The molecule has 2 N–H and O–H groups in total. The Morgan fingerprint density at radius 1 is 1.50 bits per heavy atom. The Labute approximate surface area is 81.7 Å². The highest BCUT2D eigenvalue weighted by molar-refractivity contribution is 5.89. The van der Waals surface area contributed by atoms with Gasteiger partial charge in [0.2, 0.25) is 0 Å². The fourth-order valence-corrected chi connectivity index (χ4v) is 1.10. The van der Waals surface area contributed by atoms with Gasteiger partial charge in [-0.05, 0) is 30.7 Å². The Bertz CT molecular complexity index is 339. The van der Waals surface area contributed by atoms with Crippen LogP contribution in [0.15, 0.2) is 18.2 Å². The van der Waals surface area contributed by atoms with Crippen LogP contribution in [0.2, 0.25) is 0 Å². The second-order valence-corrected chi connectivity index (χ2v) is 2.77. The van der Waals surface area contributed by atoms with Crippen molar-refractivity contribution in [1.29, 1.82) is 0 Å². The lowest BCUT2D eigenvalue weighted by molar-refractivity contribution is 0.0525. The van der Waals surface area contributed by atoms with E-state index in [1.54, 1.807) is 6.92 Å². The molecule has 76 valence electrons. The highest BCUT2D eigenvalue weighted by Gasteiger charge is 2.08. The number of benzene rings is 1. The minimum atomic E-state index is -0.526. The molecule has 0 aliphatic heterocycles. The molecule has 0 aromatic heterocycles. The number of nitrogens with two attached hydrogens (primary N) is 1. The SMILES string of the molecule is CCOC(=O)c1cc(F)cc(CN)c1. The summed E-state index contributed by atoms with van der Waals surface area (Å²) < 4.78 is 17.7. The quantitative estimate of drug-likeness (QED) is 0.746. The molecule has 0 saturated heterocycles. The molecule has 0 fully saturated rings. The van der Waals surface area contributed by atoms with Crippen LogP contribution in [-0.2, 0) is 11.3 Å². The number of esters is 1. The highest BCUT2D eigenvalue weighted by atomic mass is 19.1. The number of carbonyl (C=O) groups excluding carboxylic acids is 1. The fourth-order valence-electron chi connectivity index (χ4n) is 1.10. The summed E-state index contributed by atoms with van der Waals surface area (Å²) in [6.45, 7) is 2.17. The van der Waals surface area contributed by atoms with E-state index in [-0.39, 0.29) is 18.7 Å². The third kappa shape index (κ3) is 2.53. The molecule has 1 aromatic carbocycles. The van der Waals surface area contributed by atoms with Crippen molar-refractivity contribution in [2.24, 2.45) is 5.73 Å². The molecule has 0 spiro atoms. The second-order valence-electron chi connectivity index (χ2n) is 2.77. The number of rotatable bonds is 3. The van der Waals surface area contributed by atoms with Crippen molar-refractivity contribution < 1.29 is 13.9 Å². The third-order valence-electron chi connectivity index (χ3n) is 1.70. The molecule has 0 aliphatic rings. The molecule has 0 radical (unpaired) electrons. The molecule has 0 saturated carbocycles. The van der Waals surface area contributed by atoms with Crippen LogP contribution in [0.5, 0.6) is 0 Å². The van der Waals surface area contributed by atoms with Gasteiger partial charge in [-0.3, -0.25) is 0 Å². The number of halogens is 1. The fraction of sp³-hybridized carbons (Fsp3) is 0.300. The standard InChI is InChI=1S/C10H12FNO2/c1-2-14-10(13)8-3-7(6-12)4-9(11)5-8/h3-5H,2,6,12H2,1H3. The number of ether oxygens (including phenoxy) is 1. The van der Waals surface area contributed by atoms with Gasteiger partial charge >= 0.3 is 5.97 Å². The van der Waals surface area contributed by atoms with Gasteiger partial charge in [0.15, 0.2) is 0 Å². The van der Waals surface area contributed by atoms with Crippen LogP contribution >= 0.6 is 0 Å². The van der Waals surface area contributed by atoms with Gasteiger partial charge in [-0.1, -0.05) is 0 Å². The van der Waals surface area contributed by atoms with Gasteiger partial charge in [0, 0.05) is 6.54 Å². The molecule has 0 amide bonds. The zero-order valence-corrected chi connectivity index (χ0v) is 7.92. The van der Waals surface area contributed by atoms with Crippen LogP contribution < -0.4 is 5.73 Å². The van der Waals surface area contributed by atoms with Gasteiger partial charge in [0.05, 0.1) is 12.2 Å². The number of hydrogen-bond donors (Lipinski definition) is 1. The Morgan fingerprint density at radius 2 is 2.21 bits per heavy atom. The maximum atomic E-state index is 13.0. The maximum absolute atomic E-state index is 13.0. The number of hydrogen-bond acceptors (Lipinski definition) is 3. The van der Waals surface area contributed by atoms with Gasteiger partial charge in [-0.2, -0.15) is 0 Å². The molecular weight excluding hydrogens is 185 g/mol. The van der Waals surface area contributed by atoms with Gasteiger partial charge in [-0.15, -0.1) is 0 Å². The van der Waals surface area contributed by atoms with Gasteiger partial charge in [0.25, 0.3) is 0 Å². The van der Waals surface area contributed by atoms with Crippen LogP contribution in [0.3, 0.4) is 0 Å². The van der Waals surface area contributed by atoms with E-state index in [1.807, 2.05) is 0 Å². The van der Waals surface area contributed by atoms with Crippen molar-refractivity contribution in [3.8, 4) is 0 Å². The van der Waals surface area contributed by atoms with E-state index in [0.717, 1.165) is 6.07 Å². The van der Waals surface area contributed by atoms with Crippen LogP contribution in [0, 0.1) is 5.82 Å². The van der Waals surface area contributed by atoms with Crippen LogP contribution in [0.4, 0.5) is 4.39 Å². The Balaban J connectivity index is 2.96. The predicted octanol–water partition coefficient (Wildman–Crippen LogP) is 1.46. The molecule has 0 unspecified atom stereocenters. The van der Waals surface area contributed by atoms with E-state index in [1.165, 1.54) is 12.1 Å². The Kier molecular flexibility index (Phi) is 3.59. The van der Waals surface area contributed by atoms with E-state index < -0.39 is 11.8 Å². The first-order chi connectivity index (χ1) is 6.67. The van der Waals surface area contributed by atoms with Crippen molar-refractivity contribution in [1.82, 2.24) is 0 Å². The average molecular weight is 197 g/mol. The Morgan fingerprint density at radius 3 is 2.79 bits per heavy atom. The van der Waals surface area contributed by atoms with E-state index >= 15 is 0 Å². The van der Waals surface area contributed by atoms with Gasteiger partial charge in [0.1, 0.15) is 5.82 Å². The van der Waals surface area contributed by atoms with Crippen molar-refractivity contribution in [2.75, 3.05) is 6.61 Å². The molecule has 0 aliphatic carbocycles. The number of carbonyl (C=O) groups is 1. The molecule has 0 bridgehead atoms. The lowest BCUT2D eigenvalue weighted by Gasteiger charge is -2.03. The van der Waals surface area contributed by atoms with Crippen LogP contribution in [0.25, 0.3) is 0 Å². The summed E-state index contributed by atoms with van der Waals surface area (Å²) in [6, 6.07) is 3.96. The first kappa shape index (κ1) is 10.7. The van der Waals surface area contributed by atoms with E-state index in [0.29, 0.717) is 5.56 Å². The topological polar surface area (TPSA) is 52.3 Å². The minimum Gasteiger partial charge on any atom is -0.462 e. The first-order valence-electron chi connectivity index (χ1n) is 4.34. The van der Waals surface area contributed by atoms with Crippen LogP contribution in [-0.4, -0.2) is 12.6 Å². The molecular formula is C10H12FNO2. The average Bonchev–Trinajstić information content (AvgIpc) is 2.17. The predicted molar refractivity (Wildman–Crippen MR) is 50.2 cm³/mol. The summed E-state index contributed by atoms with van der Waals surface area (Å²) >= 11 is 0. The summed E-state index contributed by atoms with van der Waals surface area (Å²) in [7, 11) is 0. The largest absolute Gasteiger partial charge is 0.462 e. The summed E-state index contributed by atoms with van der Waals surface area (Å²) in [4.78, 5) is 11.2. The van der Waals surface area contributed by atoms with Crippen molar-refractivity contribution in [3.05, 3.63) is 35.1 Å². The minimum absolute atomic E-state index is 0.199. The normalized spacial score (nSPS) is 9.93. The van der Waals surface area contributed by atoms with Crippen molar-refractivity contribution >= 4 is 5.97 Å². The van der Waals surface area contributed by atoms with E-state index in [9.17, 15) is 9.18 Å². The highest BCUT2D eigenvalue weighted by Crippen LogP contribution is 2.10. The van der Waals surface area contributed by atoms with E-state index in [2.05, 4.69) is 0 Å². The zero-order chi connectivity index (χ0) is 10.6. The molecule has 1 rings (SSSR count).